The monoisotopic (exact) mass is 287 g/mol. The van der Waals surface area contributed by atoms with E-state index in [1.165, 1.54) is 11.5 Å². The molecule has 0 bridgehead atoms. The van der Waals surface area contributed by atoms with Gasteiger partial charge in [-0.25, -0.2) is 13.6 Å². The molecule has 0 radical (unpaired) electrons. The zero-order valence-electron chi connectivity index (χ0n) is 11.6. The summed E-state index contributed by atoms with van der Waals surface area (Å²) in [6.45, 7) is 3.09. The van der Waals surface area contributed by atoms with Crippen LogP contribution in [-0.2, 0) is 22.0 Å². The lowest BCUT2D eigenvalue weighted by Gasteiger charge is -2.14. The minimum atomic E-state index is -3.36. The van der Waals surface area contributed by atoms with E-state index in [9.17, 15) is 23.5 Å². The zero-order chi connectivity index (χ0) is 15.5. The topological polar surface area (TPSA) is 68.5 Å². The van der Waals surface area contributed by atoms with Gasteiger partial charge in [0.05, 0.1) is 12.7 Å². The Morgan fingerprint density at radius 1 is 1.30 bits per heavy atom. The van der Waals surface area contributed by atoms with Crippen LogP contribution in [-0.4, -0.2) is 34.6 Å². The van der Waals surface area contributed by atoms with E-state index in [0.29, 0.717) is 11.4 Å². The van der Waals surface area contributed by atoms with Gasteiger partial charge in [0, 0.05) is 30.4 Å². The van der Waals surface area contributed by atoms with E-state index in [1.54, 1.807) is 14.0 Å². The molecular weight excluding hydrogens is 272 g/mol. The summed E-state index contributed by atoms with van der Waals surface area (Å²) >= 11 is 0. The van der Waals surface area contributed by atoms with Gasteiger partial charge >= 0.3 is 11.9 Å². The standard InChI is InChI=1S/C13H15F2NO4/c1-6-8(10(17)20-4)9(7(2)16(6)3)12(11(18)19)5-13(12,14)15/h5H2,1-4H3,(H,18,19). The van der Waals surface area contributed by atoms with E-state index in [4.69, 9.17) is 0 Å². The maximum atomic E-state index is 13.7. The highest BCUT2D eigenvalue weighted by molar-refractivity contribution is 5.98. The molecule has 110 valence electrons. The minimum absolute atomic E-state index is 0.0768. The minimum Gasteiger partial charge on any atom is -0.480 e. The summed E-state index contributed by atoms with van der Waals surface area (Å²) in [4.78, 5) is 23.2. The number of esters is 1. The van der Waals surface area contributed by atoms with E-state index in [-0.39, 0.29) is 11.1 Å². The van der Waals surface area contributed by atoms with E-state index in [1.807, 2.05) is 0 Å². The number of methoxy groups -OCH3 is 1. The summed E-state index contributed by atoms with van der Waals surface area (Å²) in [5.41, 5.74) is -1.80. The first-order valence-electron chi connectivity index (χ1n) is 5.97. The fourth-order valence-corrected chi connectivity index (χ4v) is 2.72. The van der Waals surface area contributed by atoms with Crippen molar-refractivity contribution in [1.29, 1.82) is 0 Å². The molecule has 1 aromatic rings. The van der Waals surface area contributed by atoms with Crippen LogP contribution in [0.3, 0.4) is 0 Å². The van der Waals surface area contributed by atoms with Gasteiger partial charge in [-0.1, -0.05) is 0 Å². The molecule has 0 saturated heterocycles. The van der Waals surface area contributed by atoms with Crippen molar-refractivity contribution < 1.29 is 28.2 Å². The second kappa shape index (κ2) is 4.04. The number of hydrogen-bond acceptors (Lipinski definition) is 3. The number of carbonyl (C=O) groups is 2. The molecule has 0 aliphatic heterocycles. The van der Waals surface area contributed by atoms with Gasteiger partial charge in [-0.15, -0.1) is 0 Å². The Bertz CT molecular complexity index is 620. The van der Waals surface area contributed by atoms with E-state index in [0.717, 1.165) is 7.11 Å². The van der Waals surface area contributed by atoms with Crippen LogP contribution in [0.2, 0.25) is 0 Å². The molecule has 7 heteroatoms. The molecule has 1 heterocycles. The van der Waals surface area contributed by atoms with Crippen molar-refractivity contribution in [3.05, 3.63) is 22.5 Å². The summed E-state index contributed by atoms with van der Waals surface area (Å²) in [6, 6.07) is 0. The van der Waals surface area contributed by atoms with Gasteiger partial charge in [0.1, 0.15) is 0 Å². The number of carboxylic acid groups (broad SMARTS) is 1. The summed E-state index contributed by atoms with van der Waals surface area (Å²) in [6.07, 6.45) is -0.802. The first-order chi connectivity index (χ1) is 9.11. The van der Waals surface area contributed by atoms with Gasteiger partial charge in [-0.3, -0.25) is 4.79 Å². The van der Waals surface area contributed by atoms with Crippen molar-refractivity contribution >= 4 is 11.9 Å². The number of rotatable bonds is 3. The molecule has 2 rings (SSSR count). The Morgan fingerprint density at radius 2 is 1.80 bits per heavy atom. The van der Waals surface area contributed by atoms with Crippen molar-refractivity contribution in [1.82, 2.24) is 4.57 Å². The maximum Gasteiger partial charge on any atom is 0.340 e. The quantitative estimate of drug-likeness (QED) is 0.861. The van der Waals surface area contributed by atoms with Crippen molar-refractivity contribution in [2.75, 3.05) is 7.11 Å². The predicted molar refractivity (Wildman–Crippen MR) is 65.1 cm³/mol. The lowest BCUT2D eigenvalue weighted by molar-refractivity contribution is -0.143. The highest BCUT2D eigenvalue weighted by atomic mass is 19.3. The fourth-order valence-electron chi connectivity index (χ4n) is 2.72. The van der Waals surface area contributed by atoms with Gasteiger partial charge in [-0.2, -0.15) is 0 Å². The number of aromatic nitrogens is 1. The Hall–Kier alpha value is -1.92. The van der Waals surface area contributed by atoms with Crippen LogP contribution in [0.5, 0.6) is 0 Å². The van der Waals surface area contributed by atoms with Crippen molar-refractivity contribution in [2.24, 2.45) is 7.05 Å². The largest absolute Gasteiger partial charge is 0.480 e. The first-order valence-corrected chi connectivity index (χ1v) is 5.97. The number of nitrogens with zero attached hydrogens (tertiary/aromatic N) is 1. The highest BCUT2D eigenvalue weighted by Gasteiger charge is 2.79. The van der Waals surface area contributed by atoms with Crippen LogP contribution in [0.15, 0.2) is 0 Å². The number of halogens is 2. The number of aliphatic carboxylic acids is 1. The molecule has 1 unspecified atom stereocenters. The summed E-state index contributed by atoms with van der Waals surface area (Å²) in [5.74, 6) is -5.79. The summed E-state index contributed by atoms with van der Waals surface area (Å²) in [5, 5.41) is 9.25. The van der Waals surface area contributed by atoms with Crippen LogP contribution < -0.4 is 0 Å². The Balaban J connectivity index is 2.79. The molecule has 0 spiro atoms. The van der Waals surface area contributed by atoms with Crippen molar-refractivity contribution in [3.8, 4) is 0 Å². The van der Waals surface area contributed by atoms with Crippen LogP contribution in [0.25, 0.3) is 0 Å². The molecule has 20 heavy (non-hydrogen) atoms. The molecule has 5 nitrogen and oxygen atoms in total. The molecule has 1 aliphatic rings. The van der Waals surface area contributed by atoms with E-state index < -0.39 is 29.7 Å². The van der Waals surface area contributed by atoms with Crippen LogP contribution in [0.1, 0.15) is 33.7 Å². The van der Waals surface area contributed by atoms with Crippen molar-refractivity contribution in [3.63, 3.8) is 0 Å². The Kier molecular flexibility index (Phi) is 2.92. The third kappa shape index (κ3) is 1.52. The number of carboxylic acids is 1. The molecule has 1 fully saturated rings. The highest BCUT2D eigenvalue weighted by Crippen LogP contribution is 2.63. The van der Waals surface area contributed by atoms with E-state index in [2.05, 4.69) is 4.74 Å². The summed E-state index contributed by atoms with van der Waals surface area (Å²) in [7, 11) is 2.73. The smallest absolute Gasteiger partial charge is 0.340 e. The molecule has 0 aromatic carbocycles. The van der Waals surface area contributed by atoms with Gasteiger partial charge in [0.15, 0.2) is 5.41 Å². The fraction of sp³-hybridized carbons (Fsp3) is 0.538. The Morgan fingerprint density at radius 3 is 2.15 bits per heavy atom. The normalized spacial score (nSPS) is 23.5. The molecule has 0 amide bonds. The van der Waals surface area contributed by atoms with Gasteiger partial charge in [0.2, 0.25) is 0 Å². The molecule has 1 aromatic heterocycles. The lowest BCUT2D eigenvalue weighted by Crippen LogP contribution is -2.29. The third-order valence-corrected chi connectivity index (χ3v) is 4.15. The Labute approximate surface area is 114 Å². The second-order valence-corrected chi connectivity index (χ2v) is 5.06. The van der Waals surface area contributed by atoms with Crippen molar-refractivity contribution in [2.45, 2.75) is 31.6 Å². The number of alkyl halides is 2. The van der Waals surface area contributed by atoms with Gasteiger partial charge < -0.3 is 14.4 Å². The lowest BCUT2D eigenvalue weighted by atomic mass is 9.91. The van der Waals surface area contributed by atoms with Gasteiger partial charge in [0.25, 0.3) is 5.92 Å². The van der Waals surface area contributed by atoms with Gasteiger partial charge in [-0.05, 0) is 13.8 Å². The number of ether oxygens (including phenoxy) is 1. The molecule has 1 aliphatic carbocycles. The molecule has 1 atom stereocenters. The summed E-state index contributed by atoms with van der Waals surface area (Å²) < 4.78 is 33.6. The predicted octanol–water partition coefficient (Wildman–Crippen LogP) is 1.79. The van der Waals surface area contributed by atoms with Crippen LogP contribution in [0, 0.1) is 13.8 Å². The molecule has 1 saturated carbocycles. The number of hydrogen-bond donors (Lipinski definition) is 1. The third-order valence-electron chi connectivity index (χ3n) is 4.15. The average Bonchev–Trinajstić information content (AvgIpc) is 2.88. The average molecular weight is 287 g/mol. The first kappa shape index (κ1) is 14.5. The number of carbonyl (C=O) groups excluding carboxylic acids is 1. The SMILES string of the molecule is COC(=O)c1c(C2(C(=O)O)CC2(F)F)c(C)n(C)c1C. The zero-order valence-corrected chi connectivity index (χ0v) is 11.6. The molecular formula is C13H15F2NO4. The van der Waals surface area contributed by atoms with E-state index >= 15 is 0 Å². The van der Waals surface area contributed by atoms with Crippen LogP contribution >= 0.6 is 0 Å². The maximum absolute atomic E-state index is 13.7. The second-order valence-electron chi connectivity index (χ2n) is 5.06. The molecule has 1 N–H and O–H groups in total. The van der Waals surface area contributed by atoms with Crippen LogP contribution in [0.4, 0.5) is 8.78 Å².